The molecule has 3 heterocycles. The Kier molecular flexibility index (Phi) is 4.53. The van der Waals surface area contributed by atoms with Gasteiger partial charge in [-0.2, -0.15) is 5.26 Å². The van der Waals surface area contributed by atoms with Crippen LogP contribution in [0.25, 0.3) is 5.52 Å². The first-order chi connectivity index (χ1) is 13.5. The maximum Gasteiger partial charge on any atom is 0.338 e. The van der Waals surface area contributed by atoms with Crippen LogP contribution in [-0.2, 0) is 21.4 Å². The molecule has 1 fully saturated rings. The second-order valence-electron chi connectivity index (χ2n) is 6.50. The van der Waals surface area contributed by atoms with E-state index in [2.05, 4.69) is 6.07 Å². The highest BCUT2D eigenvalue weighted by molar-refractivity contribution is 7.93. The number of benzene rings is 1. The Bertz CT molecular complexity index is 1190. The molecule has 7 nitrogen and oxygen atoms in total. The van der Waals surface area contributed by atoms with E-state index < -0.39 is 16.0 Å². The summed E-state index contributed by atoms with van der Waals surface area (Å²) >= 11 is 0. The number of carbonyl (C=O) groups excluding carboxylic acids is 1. The predicted octanol–water partition coefficient (Wildman–Crippen LogP) is 2.71. The van der Waals surface area contributed by atoms with Gasteiger partial charge in [0.2, 0.25) is 10.0 Å². The molecule has 3 aromatic rings. The van der Waals surface area contributed by atoms with Crippen LogP contribution < -0.4 is 4.31 Å². The van der Waals surface area contributed by atoms with Crippen molar-refractivity contribution >= 4 is 27.2 Å². The molecule has 0 atom stereocenters. The smallest absolute Gasteiger partial charge is 0.338 e. The van der Waals surface area contributed by atoms with Crippen LogP contribution in [0.2, 0.25) is 0 Å². The Labute approximate surface area is 162 Å². The van der Waals surface area contributed by atoms with Crippen molar-refractivity contribution < 1.29 is 17.9 Å². The number of hydrogen-bond acceptors (Lipinski definition) is 5. The van der Waals surface area contributed by atoms with Crippen molar-refractivity contribution in [3.8, 4) is 6.07 Å². The predicted molar refractivity (Wildman–Crippen MR) is 103 cm³/mol. The van der Waals surface area contributed by atoms with Gasteiger partial charge in [-0.15, -0.1) is 0 Å². The molecule has 1 aliphatic heterocycles. The Morgan fingerprint density at radius 3 is 2.64 bits per heavy atom. The molecule has 142 valence electrons. The number of aromatic nitrogens is 1. The summed E-state index contributed by atoms with van der Waals surface area (Å²) in [4.78, 5) is 12.3. The number of esters is 1. The molecule has 8 heteroatoms. The number of rotatable bonds is 4. The third-order valence-corrected chi connectivity index (χ3v) is 6.59. The summed E-state index contributed by atoms with van der Waals surface area (Å²) in [5.41, 5.74) is 2.72. The van der Waals surface area contributed by atoms with Crippen molar-refractivity contribution in [1.29, 1.82) is 5.26 Å². The average Bonchev–Trinajstić information content (AvgIpc) is 3.24. The lowest BCUT2D eigenvalue weighted by atomic mass is 10.2. The summed E-state index contributed by atoms with van der Waals surface area (Å²) in [5, 5.41) is 9.41. The second kappa shape index (κ2) is 7.02. The minimum absolute atomic E-state index is 0.0222. The van der Waals surface area contributed by atoms with Crippen molar-refractivity contribution in [3.63, 3.8) is 0 Å². The van der Waals surface area contributed by atoms with Gasteiger partial charge >= 0.3 is 5.97 Å². The van der Waals surface area contributed by atoms with E-state index in [1.54, 1.807) is 30.5 Å². The monoisotopic (exact) mass is 395 g/mol. The number of pyridine rings is 1. The van der Waals surface area contributed by atoms with Gasteiger partial charge in [0.25, 0.3) is 0 Å². The molecule has 28 heavy (non-hydrogen) atoms. The average molecular weight is 395 g/mol. The van der Waals surface area contributed by atoms with E-state index in [9.17, 15) is 18.5 Å². The SMILES string of the molecule is N#Cc1c(COC(=O)c2ccc(N3CCCS3(=O)=O)cc2)cn2ccccc12. The van der Waals surface area contributed by atoms with Crippen LogP contribution in [0.1, 0.15) is 27.9 Å². The third kappa shape index (κ3) is 3.21. The van der Waals surface area contributed by atoms with Gasteiger partial charge in [0.05, 0.1) is 28.1 Å². The molecule has 2 aromatic heterocycles. The molecular formula is C20H17N3O4S. The van der Waals surface area contributed by atoms with Gasteiger partial charge < -0.3 is 9.14 Å². The number of nitriles is 1. The largest absolute Gasteiger partial charge is 0.457 e. The van der Waals surface area contributed by atoms with Crippen molar-refractivity contribution in [2.24, 2.45) is 0 Å². The normalized spacial score (nSPS) is 15.5. The first-order valence-corrected chi connectivity index (χ1v) is 10.4. The molecule has 0 unspecified atom stereocenters. The van der Waals surface area contributed by atoms with E-state index in [-0.39, 0.29) is 12.4 Å². The van der Waals surface area contributed by atoms with Crippen LogP contribution in [0.4, 0.5) is 5.69 Å². The Morgan fingerprint density at radius 2 is 1.96 bits per heavy atom. The molecule has 1 aromatic carbocycles. The van der Waals surface area contributed by atoms with Crippen molar-refractivity contribution in [1.82, 2.24) is 4.40 Å². The van der Waals surface area contributed by atoms with Crippen LogP contribution in [-0.4, -0.2) is 31.1 Å². The second-order valence-corrected chi connectivity index (χ2v) is 8.51. The Balaban J connectivity index is 1.48. The molecule has 4 rings (SSSR count). The highest BCUT2D eigenvalue weighted by Crippen LogP contribution is 2.24. The minimum atomic E-state index is -3.26. The van der Waals surface area contributed by atoms with Crippen molar-refractivity contribution in [2.45, 2.75) is 13.0 Å². The first-order valence-electron chi connectivity index (χ1n) is 8.76. The van der Waals surface area contributed by atoms with Crippen LogP contribution in [0.5, 0.6) is 0 Å². The van der Waals surface area contributed by atoms with Crippen molar-refractivity contribution in [3.05, 3.63) is 71.5 Å². The molecule has 0 N–H and O–H groups in total. The number of anilines is 1. The molecule has 0 aliphatic carbocycles. The Hall–Kier alpha value is -3.31. The van der Waals surface area contributed by atoms with E-state index in [4.69, 9.17) is 4.74 Å². The van der Waals surface area contributed by atoms with Gasteiger partial charge in [0.1, 0.15) is 12.7 Å². The van der Waals surface area contributed by atoms with E-state index >= 15 is 0 Å². The molecule has 1 aliphatic rings. The number of ether oxygens (including phenoxy) is 1. The topological polar surface area (TPSA) is 91.9 Å². The zero-order chi connectivity index (χ0) is 19.7. The summed E-state index contributed by atoms with van der Waals surface area (Å²) in [5.74, 6) is -0.390. The summed E-state index contributed by atoms with van der Waals surface area (Å²) in [7, 11) is -3.26. The first kappa shape index (κ1) is 18.1. The Morgan fingerprint density at radius 1 is 1.18 bits per heavy atom. The summed E-state index contributed by atoms with van der Waals surface area (Å²) in [6.45, 7) is 0.428. The lowest BCUT2D eigenvalue weighted by molar-refractivity contribution is 0.0472. The van der Waals surface area contributed by atoms with Crippen LogP contribution >= 0.6 is 0 Å². The van der Waals surface area contributed by atoms with Crippen LogP contribution in [0.15, 0.2) is 54.9 Å². The molecular weight excluding hydrogens is 378 g/mol. The number of fused-ring (bicyclic) bond motifs is 1. The quantitative estimate of drug-likeness (QED) is 0.634. The van der Waals surface area contributed by atoms with Gasteiger partial charge in [-0.1, -0.05) is 6.07 Å². The minimum Gasteiger partial charge on any atom is -0.457 e. The number of carbonyl (C=O) groups is 1. The number of nitrogens with zero attached hydrogens (tertiary/aromatic N) is 3. The van der Waals surface area contributed by atoms with Crippen molar-refractivity contribution in [2.75, 3.05) is 16.6 Å². The lowest BCUT2D eigenvalue weighted by Gasteiger charge is -2.16. The summed E-state index contributed by atoms with van der Waals surface area (Å²) in [6.07, 6.45) is 4.19. The van der Waals surface area contributed by atoms with Gasteiger partial charge in [-0.3, -0.25) is 4.31 Å². The van der Waals surface area contributed by atoms with E-state index in [1.807, 2.05) is 28.8 Å². The van der Waals surface area contributed by atoms with Crippen LogP contribution in [0.3, 0.4) is 0 Å². The maximum absolute atomic E-state index is 12.3. The van der Waals surface area contributed by atoms with Gasteiger partial charge in [-0.25, -0.2) is 13.2 Å². The molecule has 0 spiro atoms. The van der Waals surface area contributed by atoms with Gasteiger partial charge in [-0.05, 0) is 42.8 Å². The fourth-order valence-electron chi connectivity index (χ4n) is 3.34. The van der Waals surface area contributed by atoms with Gasteiger partial charge in [0.15, 0.2) is 0 Å². The fraction of sp³-hybridized carbons (Fsp3) is 0.200. The van der Waals surface area contributed by atoms with E-state index in [0.29, 0.717) is 35.3 Å². The standard InChI is InChI=1S/C20H17N3O4S/c21-12-18-16(13-22-9-2-1-4-19(18)22)14-27-20(24)15-5-7-17(8-6-15)23-10-3-11-28(23,25)26/h1-2,4-9,13H,3,10-11,14H2. The lowest BCUT2D eigenvalue weighted by Crippen LogP contribution is -2.25. The molecule has 0 amide bonds. The molecule has 0 radical (unpaired) electrons. The molecule has 0 saturated carbocycles. The maximum atomic E-state index is 12.3. The number of sulfonamides is 1. The highest BCUT2D eigenvalue weighted by atomic mass is 32.2. The zero-order valence-corrected chi connectivity index (χ0v) is 15.7. The third-order valence-electron chi connectivity index (χ3n) is 4.72. The van der Waals surface area contributed by atoms with E-state index in [0.717, 1.165) is 5.52 Å². The highest BCUT2D eigenvalue weighted by Gasteiger charge is 2.28. The number of hydrogen-bond donors (Lipinski definition) is 0. The van der Waals surface area contributed by atoms with Crippen LogP contribution in [0, 0.1) is 11.3 Å². The van der Waals surface area contributed by atoms with E-state index in [1.165, 1.54) is 4.31 Å². The fourth-order valence-corrected chi connectivity index (χ4v) is 4.90. The summed E-state index contributed by atoms with van der Waals surface area (Å²) in [6, 6.07) is 14.0. The summed E-state index contributed by atoms with van der Waals surface area (Å²) < 4.78 is 32.5. The molecule has 1 saturated heterocycles. The molecule has 0 bridgehead atoms. The van der Waals surface area contributed by atoms with Gasteiger partial charge in [0, 0.05) is 24.5 Å². The zero-order valence-electron chi connectivity index (χ0n) is 14.9.